The lowest BCUT2D eigenvalue weighted by molar-refractivity contribution is -0.117. The molecule has 1 saturated carbocycles. The van der Waals surface area contributed by atoms with Gasteiger partial charge in [0.1, 0.15) is 11.6 Å². The first-order chi connectivity index (χ1) is 8.63. The molecule has 4 heteroatoms. The van der Waals surface area contributed by atoms with Crippen molar-refractivity contribution in [3.05, 3.63) is 11.8 Å². The molecule has 1 aliphatic rings. The third-order valence-electron chi connectivity index (χ3n) is 3.17. The summed E-state index contributed by atoms with van der Waals surface area (Å²) in [6.07, 6.45) is 6.97. The second-order valence-corrected chi connectivity index (χ2v) is 5.26. The molecule has 0 aromatic carbocycles. The van der Waals surface area contributed by atoms with E-state index in [2.05, 4.69) is 24.5 Å². The van der Waals surface area contributed by atoms with Crippen LogP contribution in [0.4, 0.5) is 0 Å². The third-order valence-corrected chi connectivity index (χ3v) is 3.17. The number of nitriles is 1. The number of hydrogen-bond acceptors (Lipinski definition) is 3. The van der Waals surface area contributed by atoms with Gasteiger partial charge in [-0.3, -0.25) is 4.79 Å². The summed E-state index contributed by atoms with van der Waals surface area (Å²) in [4.78, 5) is 11.8. The third kappa shape index (κ3) is 5.22. The van der Waals surface area contributed by atoms with Gasteiger partial charge in [0.05, 0.1) is 0 Å². The van der Waals surface area contributed by atoms with Crippen molar-refractivity contribution in [1.82, 2.24) is 10.6 Å². The zero-order chi connectivity index (χ0) is 13.4. The van der Waals surface area contributed by atoms with Crippen molar-refractivity contribution in [1.29, 1.82) is 5.26 Å². The van der Waals surface area contributed by atoms with E-state index >= 15 is 0 Å². The Hall–Kier alpha value is -1.50. The quantitative estimate of drug-likeness (QED) is 0.430. The number of nitrogens with one attached hydrogen (secondary N) is 2. The highest BCUT2D eigenvalue weighted by Crippen LogP contribution is 2.17. The smallest absolute Gasteiger partial charge is 0.263 e. The van der Waals surface area contributed by atoms with Crippen LogP contribution in [0.2, 0.25) is 0 Å². The van der Waals surface area contributed by atoms with E-state index in [-0.39, 0.29) is 17.5 Å². The Balaban J connectivity index is 2.36. The molecule has 1 rings (SSSR count). The molecule has 0 radical (unpaired) electrons. The summed E-state index contributed by atoms with van der Waals surface area (Å²) in [7, 11) is 0. The number of rotatable bonds is 6. The molecule has 0 heterocycles. The second kappa shape index (κ2) is 7.75. The van der Waals surface area contributed by atoms with E-state index in [0.717, 1.165) is 25.8 Å². The maximum absolute atomic E-state index is 11.8. The predicted octanol–water partition coefficient (Wildman–Crippen LogP) is 2.09. The summed E-state index contributed by atoms with van der Waals surface area (Å²) < 4.78 is 0. The van der Waals surface area contributed by atoms with E-state index in [1.807, 2.05) is 6.07 Å². The van der Waals surface area contributed by atoms with E-state index in [0.29, 0.717) is 5.92 Å². The number of amides is 1. The molecule has 0 aromatic heterocycles. The Bertz CT molecular complexity index is 335. The van der Waals surface area contributed by atoms with Gasteiger partial charge in [-0.15, -0.1) is 0 Å². The van der Waals surface area contributed by atoms with Gasteiger partial charge >= 0.3 is 0 Å². The van der Waals surface area contributed by atoms with E-state index in [9.17, 15) is 4.79 Å². The molecule has 100 valence electrons. The monoisotopic (exact) mass is 249 g/mol. The number of carbonyl (C=O) groups excluding carboxylic acids is 1. The normalized spacial score (nSPS) is 16.7. The van der Waals surface area contributed by atoms with Crippen LogP contribution in [-0.4, -0.2) is 18.5 Å². The molecule has 0 saturated heterocycles. The van der Waals surface area contributed by atoms with Gasteiger partial charge in [0.2, 0.25) is 0 Å². The average Bonchev–Trinajstić information content (AvgIpc) is 2.81. The van der Waals surface area contributed by atoms with Crippen molar-refractivity contribution >= 4 is 5.91 Å². The summed E-state index contributed by atoms with van der Waals surface area (Å²) in [5.74, 6) is 0.366. The fraction of sp³-hybridized carbons (Fsp3) is 0.714. The Morgan fingerprint density at radius 1 is 1.44 bits per heavy atom. The first kappa shape index (κ1) is 14.6. The summed E-state index contributed by atoms with van der Waals surface area (Å²) in [5.41, 5.74) is 0.172. The highest BCUT2D eigenvalue weighted by atomic mass is 16.1. The standard InChI is InChI=1S/C14H23N3O/c1-11(2)7-8-16-10-12(9-15)14(18)17-13-5-3-4-6-13/h10-11,13,16H,3-8H2,1-2H3,(H,17,18)/b12-10-. The Morgan fingerprint density at radius 3 is 2.67 bits per heavy atom. The predicted molar refractivity (Wildman–Crippen MR) is 71.6 cm³/mol. The Kier molecular flexibility index (Phi) is 6.27. The SMILES string of the molecule is CC(C)CCN/C=C(/C#N)C(=O)NC1CCCC1. The minimum absolute atomic E-state index is 0.172. The molecule has 1 aliphatic carbocycles. The maximum Gasteiger partial charge on any atom is 0.263 e. The van der Waals surface area contributed by atoms with Crippen molar-refractivity contribution in [2.45, 2.75) is 52.0 Å². The van der Waals surface area contributed by atoms with Crippen LogP contribution in [0.25, 0.3) is 0 Å². The minimum Gasteiger partial charge on any atom is -0.390 e. The number of carbonyl (C=O) groups is 1. The van der Waals surface area contributed by atoms with E-state index in [1.165, 1.54) is 19.0 Å². The van der Waals surface area contributed by atoms with Crippen molar-refractivity contribution in [3.8, 4) is 6.07 Å². The van der Waals surface area contributed by atoms with Crippen LogP contribution in [0.3, 0.4) is 0 Å². The highest BCUT2D eigenvalue weighted by molar-refractivity contribution is 5.97. The minimum atomic E-state index is -0.249. The van der Waals surface area contributed by atoms with E-state index in [1.54, 1.807) is 0 Å². The lowest BCUT2D eigenvalue weighted by Crippen LogP contribution is -2.33. The molecule has 0 aliphatic heterocycles. The lowest BCUT2D eigenvalue weighted by Gasteiger charge is -2.11. The first-order valence-corrected chi connectivity index (χ1v) is 6.78. The van der Waals surface area contributed by atoms with Crippen LogP contribution in [0, 0.1) is 17.2 Å². The summed E-state index contributed by atoms with van der Waals surface area (Å²) in [6, 6.07) is 2.21. The molecule has 1 fully saturated rings. The van der Waals surface area contributed by atoms with Gasteiger partial charge in [-0.05, 0) is 25.2 Å². The van der Waals surface area contributed by atoms with Crippen LogP contribution >= 0.6 is 0 Å². The lowest BCUT2D eigenvalue weighted by atomic mass is 10.1. The molecule has 2 N–H and O–H groups in total. The van der Waals surface area contributed by atoms with Crippen LogP contribution in [-0.2, 0) is 4.79 Å². The van der Waals surface area contributed by atoms with Gasteiger partial charge in [-0.2, -0.15) is 5.26 Å². The average molecular weight is 249 g/mol. The first-order valence-electron chi connectivity index (χ1n) is 6.78. The second-order valence-electron chi connectivity index (χ2n) is 5.26. The molecule has 4 nitrogen and oxygen atoms in total. The van der Waals surface area contributed by atoms with Crippen molar-refractivity contribution in [2.75, 3.05) is 6.54 Å². The fourth-order valence-electron chi connectivity index (χ4n) is 2.03. The molecule has 0 unspecified atom stereocenters. The molecule has 0 spiro atoms. The highest BCUT2D eigenvalue weighted by Gasteiger charge is 2.18. The van der Waals surface area contributed by atoms with Crippen molar-refractivity contribution in [3.63, 3.8) is 0 Å². The van der Waals surface area contributed by atoms with Crippen LogP contribution in [0.5, 0.6) is 0 Å². The van der Waals surface area contributed by atoms with Gasteiger partial charge in [-0.1, -0.05) is 26.7 Å². The van der Waals surface area contributed by atoms with Crippen LogP contribution in [0.1, 0.15) is 46.0 Å². The summed E-state index contributed by atoms with van der Waals surface area (Å²) >= 11 is 0. The largest absolute Gasteiger partial charge is 0.390 e. The van der Waals surface area contributed by atoms with Gasteiger partial charge < -0.3 is 10.6 Å². The molecular weight excluding hydrogens is 226 g/mol. The topological polar surface area (TPSA) is 64.9 Å². The van der Waals surface area contributed by atoms with Crippen molar-refractivity contribution in [2.24, 2.45) is 5.92 Å². The molecule has 1 amide bonds. The Morgan fingerprint density at radius 2 is 2.11 bits per heavy atom. The molecular formula is C14H23N3O. The van der Waals surface area contributed by atoms with Gasteiger partial charge in [-0.25, -0.2) is 0 Å². The zero-order valence-corrected chi connectivity index (χ0v) is 11.3. The molecule has 0 bridgehead atoms. The van der Waals surface area contributed by atoms with Gasteiger partial charge in [0, 0.05) is 18.8 Å². The van der Waals surface area contributed by atoms with Crippen molar-refractivity contribution < 1.29 is 4.79 Å². The molecule has 0 atom stereocenters. The van der Waals surface area contributed by atoms with Crippen LogP contribution in [0.15, 0.2) is 11.8 Å². The fourth-order valence-corrected chi connectivity index (χ4v) is 2.03. The number of hydrogen-bond donors (Lipinski definition) is 2. The van der Waals surface area contributed by atoms with Gasteiger partial charge in [0.25, 0.3) is 5.91 Å². The summed E-state index contributed by atoms with van der Waals surface area (Å²) in [6.45, 7) is 5.08. The maximum atomic E-state index is 11.8. The molecule has 0 aromatic rings. The van der Waals surface area contributed by atoms with Gasteiger partial charge in [0.15, 0.2) is 0 Å². The van der Waals surface area contributed by atoms with E-state index in [4.69, 9.17) is 5.26 Å². The van der Waals surface area contributed by atoms with Crippen LogP contribution < -0.4 is 10.6 Å². The van der Waals surface area contributed by atoms with E-state index < -0.39 is 0 Å². The number of nitrogens with zero attached hydrogens (tertiary/aromatic N) is 1. The summed E-state index contributed by atoms with van der Waals surface area (Å²) in [5, 5.41) is 14.9. The Labute approximate surface area is 109 Å². The zero-order valence-electron chi connectivity index (χ0n) is 11.3. The molecule has 18 heavy (non-hydrogen) atoms.